The maximum atomic E-state index is 13.3. The highest BCUT2D eigenvalue weighted by Crippen LogP contribution is 2.26. The Balaban J connectivity index is 4.03. The quantitative estimate of drug-likeness (QED) is 0.649. The Morgan fingerprint density at radius 3 is 1.90 bits per heavy atom. The average Bonchev–Trinajstić information content (AvgIpc) is 1.86. The topological polar surface area (TPSA) is 26.0 Å². The zero-order valence-electron chi connectivity index (χ0n) is 7.32. The Kier molecular flexibility index (Phi) is 3.29. The lowest BCUT2D eigenvalue weighted by Crippen LogP contribution is -2.38. The molecule has 62 valence electrons. The predicted molar refractivity (Wildman–Crippen MR) is 42.6 cm³/mol. The van der Waals surface area contributed by atoms with Gasteiger partial charge in [-0.1, -0.05) is 20.8 Å². The number of nitrogens with two attached hydrogens (primary N) is 1. The lowest BCUT2D eigenvalue weighted by molar-refractivity contribution is 0.0919. The van der Waals surface area contributed by atoms with Crippen LogP contribution < -0.4 is 5.73 Å². The lowest BCUT2D eigenvalue weighted by atomic mass is 9.84. The summed E-state index contributed by atoms with van der Waals surface area (Å²) in [4.78, 5) is 0. The summed E-state index contributed by atoms with van der Waals surface area (Å²) in [5.74, 6) is 0.399. The molecule has 0 saturated carbocycles. The highest BCUT2D eigenvalue weighted by atomic mass is 19.1. The fourth-order valence-corrected chi connectivity index (χ4v) is 0.881. The number of rotatable bonds is 3. The van der Waals surface area contributed by atoms with Crippen LogP contribution in [0.4, 0.5) is 4.39 Å². The largest absolute Gasteiger partial charge is 0.328 e. The van der Waals surface area contributed by atoms with E-state index in [0.717, 1.165) is 0 Å². The van der Waals surface area contributed by atoms with E-state index in [1.54, 1.807) is 6.92 Å². The van der Waals surface area contributed by atoms with E-state index in [-0.39, 0.29) is 12.5 Å². The Morgan fingerprint density at radius 2 is 1.80 bits per heavy atom. The van der Waals surface area contributed by atoms with Crippen molar-refractivity contribution in [2.75, 3.05) is 6.54 Å². The van der Waals surface area contributed by atoms with E-state index in [0.29, 0.717) is 5.92 Å². The molecular formula is C8H18FN. The van der Waals surface area contributed by atoms with Gasteiger partial charge >= 0.3 is 0 Å². The molecule has 0 aromatic carbocycles. The van der Waals surface area contributed by atoms with Gasteiger partial charge in [0.1, 0.15) is 5.67 Å². The average molecular weight is 147 g/mol. The molecule has 0 aliphatic rings. The fourth-order valence-electron chi connectivity index (χ4n) is 0.881. The minimum absolute atomic E-state index is 0.0394. The van der Waals surface area contributed by atoms with Gasteiger partial charge in [-0.2, -0.15) is 0 Å². The van der Waals surface area contributed by atoms with E-state index in [9.17, 15) is 4.39 Å². The van der Waals surface area contributed by atoms with E-state index >= 15 is 0 Å². The van der Waals surface area contributed by atoms with Crippen molar-refractivity contribution in [1.82, 2.24) is 0 Å². The molecule has 2 N–H and O–H groups in total. The highest BCUT2D eigenvalue weighted by molar-refractivity contribution is 4.82. The van der Waals surface area contributed by atoms with E-state index < -0.39 is 5.67 Å². The minimum atomic E-state index is -1.20. The molecule has 0 rings (SSSR count). The third-order valence-corrected chi connectivity index (χ3v) is 2.35. The fraction of sp³-hybridized carbons (Fsp3) is 1.00. The summed E-state index contributed by atoms with van der Waals surface area (Å²) in [6.07, 6.45) is 0. The number of alkyl halides is 1. The van der Waals surface area contributed by atoms with E-state index in [2.05, 4.69) is 0 Å². The molecule has 2 atom stereocenters. The maximum absolute atomic E-state index is 13.3. The molecule has 0 aromatic heterocycles. The highest BCUT2D eigenvalue weighted by Gasteiger charge is 2.30. The van der Waals surface area contributed by atoms with Gasteiger partial charge in [0.25, 0.3) is 0 Å². The first-order valence-corrected chi connectivity index (χ1v) is 3.80. The lowest BCUT2D eigenvalue weighted by Gasteiger charge is -2.28. The van der Waals surface area contributed by atoms with Gasteiger partial charge in [0.05, 0.1) is 0 Å². The predicted octanol–water partition coefficient (Wildman–Crippen LogP) is 1.97. The van der Waals surface area contributed by atoms with Crippen LogP contribution in [-0.4, -0.2) is 12.2 Å². The van der Waals surface area contributed by atoms with E-state index in [1.807, 2.05) is 20.8 Å². The van der Waals surface area contributed by atoms with Gasteiger partial charge in [-0.3, -0.25) is 0 Å². The summed E-state index contributed by atoms with van der Waals surface area (Å²) in [5, 5.41) is 0. The summed E-state index contributed by atoms with van der Waals surface area (Å²) in [6.45, 7) is 7.61. The molecule has 0 radical (unpaired) electrons. The smallest absolute Gasteiger partial charge is 0.123 e. The normalized spacial score (nSPS) is 20.7. The first-order valence-electron chi connectivity index (χ1n) is 3.80. The van der Waals surface area contributed by atoms with Crippen LogP contribution in [-0.2, 0) is 0 Å². The van der Waals surface area contributed by atoms with Crippen LogP contribution in [0.2, 0.25) is 0 Å². The standard InChI is InChI=1S/C8H18FN/c1-6(2)7(3)8(4,9)5-10/h6-7H,5,10H2,1-4H3. The second-order valence-electron chi connectivity index (χ2n) is 3.51. The summed E-state index contributed by atoms with van der Waals surface area (Å²) in [5.41, 5.74) is 4.07. The minimum Gasteiger partial charge on any atom is -0.328 e. The third-order valence-electron chi connectivity index (χ3n) is 2.35. The molecule has 1 nitrogen and oxygen atoms in total. The Morgan fingerprint density at radius 1 is 1.40 bits per heavy atom. The molecule has 0 fully saturated rings. The van der Waals surface area contributed by atoms with Gasteiger partial charge in [0.2, 0.25) is 0 Å². The summed E-state index contributed by atoms with van der Waals surface area (Å²) >= 11 is 0. The number of hydrogen-bond acceptors (Lipinski definition) is 1. The zero-order chi connectivity index (χ0) is 8.36. The molecule has 2 unspecified atom stereocenters. The van der Waals surface area contributed by atoms with E-state index in [1.165, 1.54) is 0 Å². The Hall–Kier alpha value is -0.110. The monoisotopic (exact) mass is 147 g/mol. The van der Waals surface area contributed by atoms with Gasteiger partial charge in [-0.25, -0.2) is 4.39 Å². The second kappa shape index (κ2) is 3.33. The van der Waals surface area contributed by atoms with Gasteiger partial charge < -0.3 is 5.73 Å². The van der Waals surface area contributed by atoms with Crippen molar-refractivity contribution in [3.63, 3.8) is 0 Å². The molecule has 0 bridgehead atoms. The van der Waals surface area contributed by atoms with E-state index in [4.69, 9.17) is 5.73 Å². The van der Waals surface area contributed by atoms with Gasteiger partial charge in [-0.15, -0.1) is 0 Å². The molecule has 0 saturated heterocycles. The molecule has 2 heteroatoms. The maximum Gasteiger partial charge on any atom is 0.123 e. The first kappa shape index (κ1) is 9.89. The third kappa shape index (κ3) is 2.25. The van der Waals surface area contributed by atoms with Crippen molar-refractivity contribution in [3.8, 4) is 0 Å². The van der Waals surface area contributed by atoms with Crippen LogP contribution in [0.25, 0.3) is 0 Å². The van der Waals surface area contributed by atoms with Crippen LogP contribution in [0, 0.1) is 11.8 Å². The van der Waals surface area contributed by atoms with Crippen molar-refractivity contribution in [2.24, 2.45) is 17.6 Å². The summed E-state index contributed by atoms with van der Waals surface area (Å²) in [6, 6.07) is 0. The summed E-state index contributed by atoms with van der Waals surface area (Å²) < 4.78 is 13.3. The SMILES string of the molecule is CC(C)C(C)C(C)(F)CN. The van der Waals surface area contributed by atoms with Crippen molar-refractivity contribution in [3.05, 3.63) is 0 Å². The molecule has 0 aliphatic carbocycles. The number of hydrogen-bond donors (Lipinski definition) is 1. The van der Waals surface area contributed by atoms with Gasteiger partial charge in [0.15, 0.2) is 0 Å². The molecule has 0 spiro atoms. The molecule has 10 heavy (non-hydrogen) atoms. The van der Waals surface area contributed by atoms with Crippen molar-refractivity contribution >= 4 is 0 Å². The molecule has 0 aromatic rings. The first-order chi connectivity index (χ1) is 4.41. The van der Waals surface area contributed by atoms with Crippen LogP contribution in [0.15, 0.2) is 0 Å². The second-order valence-corrected chi connectivity index (χ2v) is 3.51. The summed E-state index contributed by atoms with van der Waals surface area (Å²) in [7, 11) is 0. The van der Waals surface area contributed by atoms with Crippen LogP contribution in [0.1, 0.15) is 27.7 Å². The Labute approximate surface area is 62.8 Å². The number of halogens is 1. The van der Waals surface area contributed by atoms with Gasteiger partial charge in [-0.05, 0) is 18.8 Å². The van der Waals surface area contributed by atoms with Crippen molar-refractivity contribution < 1.29 is 4.39 Å². The molecule has 0 amide bonds. The molecule has 0 aliphatic heterocycles. The van der Waals surface area contributed by atoms with Gasteiger partial charge in [0, 0.05) is 6.54 Å². The van der Waals surface area contributed by atoms with Crippen molar-refractivity contribution in [1.29, 1.82) is 0 Å². The van der Waals surface area contributed by atoms with Crippen LogP contribution in [0.3, 0.4) is 0 Å². The van der Waals surface area contributed by atoms with Crippen LogP contribution >= 0.6 is 0 Å². The zero-order valence-corrected chi connectivity index (χ0v) is 7.32. The molecule has 0 heterocycles. The Bertz CT molecular complexity index is 99.4. The van der Waals surface area contributed by atoms with Crippen LogP contribution in [0.5, 0.6) is 0 Å². The van der Waals surface area contributed by atoms with Crippen molar-refractivity contribution in [2.45, 2.75) is 33.4 Å². The molecular weight excluding hydrogens is 129 g/mol.